The summed E-state index contributed by atoms with van der Waals surface area (Å²) >= 11 is 2.51. The summed E-state index contributed by atoms with van der Waals surface area (Å²) in [5, 5.41) is 12.3. The van der Waals surface area contributed by atoms with Gasteiger partial charge in [0.15, 0.2) is 0 Å². The molecule has 0 saturated carbocycles. The number of hydrogen-bond donors (Lipinski definition) is 1. The van der Waals surface area contributed by atoms with Gasteiger partial charge >= 0.3 is 5.97 Å². The molecule has 0 fully saturated rings. The molecule has 0 unspecified atom stereocenters. The quantitative estimate of drug-likeness (QED) is 0.800. The summed E-state index contributed by atoms with van der Waals surface area (Å²) in [7, 11) is 0. The molecule has 0 aliphatic rings. The first-order valence-electron chi connectivity index (χ1n) is 6.10. The van der Waals surface area contributed by atoms with Gasteiger partial charge in [-0.1, -0.05) is 0 Å². The Balaban J connectivity index is 2.13. The van der Waals surface area contributed by atoms with Gasteiger partial charge < -0.3 is 5.11 Å². The molecule has 0 spiro atoms. The first-order chi connectivity index (χ1) is 9.97. The number of thiophene rings is 1. The molecule has 0 aromatic carbocycles. The van der Waals surface area contributed by atoms with E-state index in [1.54, 1.807) is 6.92 Å². The van der Waals surface area contributed by atoms with E-state index < -0.39 is 5.97 Å². The Morgan fingerprint density at radius 1 is 1.43 bits per heavy atom. The average molecular weight is 321 g/mol. The Bertz CT molecular complexity index is 907. The molecule has 3 aromatic heterocycles. The third-order valence-electron chi connectivity index (χ3n) is 3.08. The van der Waals surface area contributed by atoms with Crippen molar-refractivity contribution in [2.45, 2.75) is 20.4 Å². The van der Waals surface area contributed by atoms with Gasteiger partial charge in [-0.15, -0.1) is 22.7 Å². The predicted molar refractivity (Wildman–Crippen MR) is 81.5 cm³/mol. The number of thiazole rings is 1. The Hall–Kier alpha value is -2.06. The molecule has 0 bridgehead atoms. The Labute approximate surface area is 127 Å². The van der Waals surface area contributed by atoms with Gasteiger partial charge in [-0.25, -0.2) is 14.8 Å². The molecule has 3 rings (SSSR count). The van der Waals surface area contributed by atoms with Crippen LogP contribution in [-0.2, 0) is 6.54 Å². The van der Waals surface area contributed by atoms with E-state index in [0.29, 0.717) is 22.3 Å². The number of carboxylic acids is 1. The average Bonchev–Trinajstić information content (AvgIpc) is 2.97. The molecule has 0 amide bonds. The number of aromatic nitrogens is 3. The lowest BCUT2D eigenvalue weighted by atomic mass is 10.2. The van der Waals surface area contributed by atoms with Crippen LogP contribution >= 0.6 is 22.7 Å². The lowest BCUT2D eigenvalue weighted by Gasteiger charge is -2.02. The van der Waals surface area contributed by atoms with Crippen molar-refractivity contribution in [1.29, 1.82) is 0 Å². The fourth-order valence-corrected chi connectivity index (χ4v) is 3.84. The molecule has 8 heteroatoms. The highest BCUT2D eigenvalue weighted by molar-refractivity contribution is 7.20. The molecule has 108 valence electrons. The molecule has 0 aliphatic heterocycles. The van der Waals surface area contributed by atoms with Gasteiger partial charge in [0.25, 0.3) is 5.56 Å². The van der Waals surface area contributed by atoms with E-state index in [2.05, 4.69) is 9.97 Å². The van der Waals surface area contributed by atoms with E-state index in [9.17, 15) is 9.59 Å². The molecule has 3 heterocycles. The minimum Gasteiger partial charge on any atom is -0.477 e. The Morgan fingerprint density at radius 2 is 2.19 bits per heavy atom. The maximum absolute atomic E-state index is 12.5. The van der Waals surface area contributed by atoms with Crippen LogP contribution in [-0.4, -0.2) is 25.6 Å². The van der Waals surface area contributed by atoms with Gasteiger partial charge in [-0.05, 0) is 19.4 Å². The summed E-state index contributed by atoms with van der Waals surface area (Å²) in [5.74, 6) is -1.03. The SMILES string of the molecule is Cc1csc(Cn2cnc3sc(C(=O)O)c(C)c3c2=O)n1. The molecule has 0 aliphatic carbocycles. The van der Waals surface area contributed by atoms with Crippen molar-refractivity contribution in [3.05, 3.63) is 43.2 Å². The fourth-order valence-electron chi connectivity index (χ4n) is 2.10. The monoisotopic (exact) mass is 321 g/mol. The maximum Gasteiger partial charge on any atom is 0.346 e. The zero-order chi connectivity index (χ0) is 15.1. The first-order valence-corrected chi connectivity index (χ1v) is 7.80. The number of carbonyl (C=O) groups is 1. The molecular weight excluding hydrogens is 310 g/mol. The summed E-state index contributed by atoms with van der Waals surface area (Å²) in [6.45, 7) is 3.88. The van der Waals surface area contributed by atoms with Crippen molar-refractivity contribution in [2.24, 2.45) is 0 Å². The summed E-state index contributed by atoms with van der Waals surface area (Å²) in [5.41, 5.74) is 1.16. The maximum atomic E-state index is 12.5. The van der Waals surface area contributed by atoms with Crippen molar-refractivity contribution < 1.29 is 9.90 Å². The van der Waals surface area contributed by atoms with Crippen LogP contribution < -0.4 is 5.56 Å². The van der Waals surface area contributed by atoms with Gasteiger partial charge in [0.1, 0.15) is 14.7 Å². The third-order valence-corrected chi connectivity index (χ3v) is 5.22. The van der Waals surface area contributed by atoms with Crippen molar-refractivity contribution >= 4 is 38.9 Å². The summed E-state index contributed by atoms with van der Waals surface area (Å²) in [4.78, 5) is 32.8. The topological polar surface area (TPSA) is 85.1 Å². The van der Waals surface area contributed by atoms with Crippen molar-refractivity contribution in [3.8, 4) is 0 Å². The first kappa shape index (κ1) is 13.9. The zero-order valence-corrected chi connectivity index (χ0v) is 12.9. The molecule has 0 radical (unpaired) electrons. The summed E-state index contributed by atoms with van der Waals surface area (Å²) in [6, 6.07) is 0. The van der Waals surface area contributed by atoms with E-state index in [0.717, 1.165) is 22.0 Å². The summed E-state index contributed by atoms with van der Waals surface area (Å²) < 4.78 is 1.46. The van der Waals surface area contributed by atoms with Gasteiger partial charge in [0.2, 0.25) is 0 Å². The molecule has 6 nitrogen and oxygen atoms in total. The minimum absolute atomic E-state index is 0.164. The molecule has 3 aromatic rings. The Morgan fingerprint density at radius 3 is 2.81 bits per heavy atom. The highest BCUT2D eigenvalue weighted by atomic mass is 32.1. The van der Waals surface area contributed by atoms with Crippen LogP contribution in [0.2, 0.25) is 0 Å². The number of hydrogen-bond acceptors (Lipinski definition) is 6. The van der Waals surface area contributed by atoms with Crippen molar-refractivity contribution in [3.63, 3.8) is 0 Å². The van der Waals surface area contributed by atoms with Crippen LogP contribution in [0, 0.1) is 13.8 Å². The fraction of sp³-hybridized carbons (Fsp3) is 0.231. The molecule has 0 saturated heterocycles. The van der Waals surface area contributed by atoms with Crippen LogP contribution in [0.4, 0.5) is 0 Å². The van der Waals surface area contributed by atoms with E-state index >= 15 is 0 Å². The van der Waals surface area contributed by atoms with Gasteiger partial charge in [0.05, 0.1) is 18.3 Å². The van der Waals surface area contributed by atoms with Gasteiger partial charge in [0, 0.05) is 11.1 Å². The number of aryl methyl sites for hydroxylation is 2. The predicted octanol–water partition coefficient (Wildman–Crippen LogP) is 2.28. The minimum atomic E-state index is -1.03. The zero-order valence-electron chi connectivity index (χ0n) is 11.3. The van der Waals surface area contributed by atoms with Crippen LogP contribution in [0.1, 0.15) is 25.9 Å². The van der Waals surface area contributed by atoms with Crippen LogP contribution in [0.5, 0.6) is 0 Å². The lowest BCUT2D eigenvalue weighted by Crippen LogP contribution is -2.21. The van der Waals surface area contributed by atoms with Crippen LogP contribution in [0.15, 0.2) is 16.5 Å². The van der Waals surface area contributed by atoms with E-state index in [1.807, 2.05) is 12.3 Å². The Kier molecular flexibility index (Phi) is 3.34. The second-order valence-electron chi connectivity index (χ2n) is 4.60. The lowest BCUT2D eigenvalue weighted by molar-refractivity contribution is 0.0701. The largest absolute Gasteiger partial charge is 0.477 e. The molecule has 0 atom stereocenters. The highest BCUT2D eigenvalue weighted by Crippen LogP contribution is 2.26. The molecular formula is C13H11N3O3S2. The third kappa shape index (κ3) is 2.36. The van der Waals surface area contributed by atoms with Crippen molar-refractivity contribution in [2.75, 3.05) is 0 Å². The molecule has 21 heavy (non-hydrogen) atoms. The second-order valence-corrected chi connectivity index (χ2v) is 6.54. The number of rotatable bonds is 3. The van der Waals surface area contributed by atoms with Crippen molar-refractivity contribution in [1.82, 2.24) is 14.5 Å². The summed E-state index contributed by atoms with van der Waals surface area (Å²) in [6.07, 6.45) is 1.45. The number of nitrogens with zero attached hydrogens (tertiary/aromatic N) is 3. The molecule has 1 N–H and O–H groups in total. The number of carboxylic acid groups (broad SMARTS) is 1. The standard InChI is InChI=1S/C13H11N3O3S2/c1-6-4-20-8(15-6)3-16-5-14-11-9(12(16)17)7(2)10(21-11)13(18)19/h4-5H,3H2,1-2H3,(H,18,19). The van der Waals surface area contributed by atoms with Crippen LogP contribution in [0.3, 0.4) is 0 Å². The van der Waals surface area contributed by atoms with E-state index in [1.165, 1.54) is 22.2 Å². The highest BCUT2D eigenvalue weighted by Gasteiger charge is 2.18. The smallest absolute Gasteiger partial charge is 0.346 e. The van der Waals surface area contributed by atoms with E-state index in [-0.39, 0.29) is 10.4 Å². The van der Waals surface area contributed by atoms with Gasteiger partial charge in [-0.2, -0.15) is 0 Å². The number of aromatic carboxylic acids is 1. The normalized spacial score (nSPS) is 11.1. The van der Waals surface area contributed by atoms with Gasteiger partial charge in [-0.3, -0.25) is 9.36 Å². The number of fused-ring (bicyclic) bond motifs is 1. The van der Waals surface area contributed by atoms with Crippen LogP contribution in [0.25, 0.3) is 10.2 Å². The second kappa shape index (κ2) is 5.05. The van der Waals surface area contributed by atoms with E-state index in [4.69, 9.17) is 5.11 Å².